The molecular formula is C21H25BrN4O2. The predicted octanol–water partition coefficient (Wildman–Crippen LogP) is 4.59. The average Bonchev–Trinajstić information content (AvgIpc) is 3.04. The SMILES string of the molecule is COc1cc(OC)nc(NCCCn2c3c(c4cc(Br)ccc42)CCCC3)n1. The van der Waals surface area contributed by atoms with E-state index in [1.165, 1.54) is 47.8 Å². The molecule has 28 heavy (non-hydrogen) atoms. The summed E-state index contributed by atoms with van der Waals surface area (Å²) in [5.74, 6) is 1.51. The maximum Gasteiger partial charge on any atom is 0.229 e. The first-order valence-corrected chi connectivity index (χ1v) is 10.5. The Morgan fingerprint density at radius 2 is 1.82 bits per heavy atom. The highest BCUT2D eigenvalue weighted by Crippen LogP contribution is 2.34. The summed E-state index contributed by atoms with van der Waals surface area (Å²) in [5.41, 5.74) is 4.39. The van der Waals surface area contributed by atoms with Crippen LogP contribution in [0.25, 0.3) is 10.9 Å². The smallest absolute Gasteiger partial charge is 0.229 e. The number of aryl methyl sites for hydroxylation is 2. The number of methoxy groups -OCH3 is 2. The third-order valence-electron chi connectivity index (χ3n) is 5.28. The van der Waals surface area contributed by atoms with Crippen LogP contribution in [0.15, 0.2) is 28.7 Å². The van der Waals surface area contributed by atoms with E-state index in [9.17, 15) is 0 Å². The maximum atomic E-state index is 5.20. The van der Waals surface area contributed by atoms with Gasteiger partial charge in [0, 0.05) is 34.2 Å². The van der Waals surface area contributed by atoms with Crippen LogP contribution >= 0.6 is 15.9 Å². The van der Waals surface area contributed by atoms with Crippen LogP contribution < -0.4 is 14.8 Å². The minimum atomic E-state index is 0.491. The van der Waals surface area contributed by atoms with Gasteiger partial charge in [0.15, 0.2) is 0 Å². The molecule has 0 bridgehead atoms. The zero-order chi connectivity index (χ0) is 19.5. The van der Waals surface area contributed by atoms with Crippen LogP contribution in [0.1, 0.15) is 30.5 Å². The minimum absolute atomic E-state index is 0.491. The normalized spacial score (nSPS) is 13.4. The topological polar surface area (TPSA) is 61.2 Å². The monoisotopic (exact) mass is 444 g/mol. The summed E-state index contributed by atoms with van der Waals surface area (Å²) in [6.45, 7) is 1.75. The quantitative estimate of drug-likeness (QED) is 0.539. The summed E-state index contributed by atoms with van der Waals surface area (Å²) in [6.07, 6.45) is 5.90. The fourth-order valence-corrected chi connectivity index (χ4v) is 4.35. The number of hydrogen-bond acceptors (Lipinski definition) is 5. The summed E-state index contributed by atoms with van der Waals surface area (Å²) in [7, 11) is 3.18. The number of nitrogens with zero attached hydrogens (tertiary/aromatic N) is 3. The van der Waals surface area contributed by atoms with Gasteiger partial charge in [0.25, 0.3) is 0 Å². The van der Waals surface area contributed by atoms with Crippen LogP contribution in [-0.4, -0.2) is 35.3 Å². The molecule has 0 saturated carbocycles. The van der Waals surface area contributed by atoms with E-state index in [0.29, 0.717) is 17.7 Å². The van der Waals surface area contributed by atoms with Crippen LogP contribution in [0.4, 0.5) is 5.95 Å². The van der Waals surface area contributed by atoms with Gasteiger partial charge in [0.2, 0.25) is 17.7 Å². The molecule has 0 spiro atoms. The molecule has 0 unspecified atom stereocenters. The molecule has 7 heteroatoms. The lowest BCUT2D eigenvalue weighted by molar-refractivity contribution is 0.373. The van der Waals surface area contributed by atoms with Gasteiger partial charge in [-0.05, 0) is 55.9 Å². The number of hydrogen-bond donors (Lipinski definition) is 1. The second kappa shape index (κ2) is 8.39. The van der Waals surface area contributed by atoms with Crippen molar-refractivity contribution in [2.24, 2.45) is 0 Å². The first-order valence-electron chi connectivity index (χ1n) is 9.70. The number of aromatic nitrogens is 3. The second-order valence-corrected chi connectivity index (χ2v) is 7.92. The molecule has 2 heterocycles. The fraction of sp³-hybridized carbons (Fsp3) is 0.429. The number of nitrogens with one attached hydrogen (secondary N) is 1. The molecule has 0 atom stereocenters. The van der Waals surface area contributed by atoms with Crippen LogP contribution in [0.2, 0.25) is 0 Å². The van der Waals surface area contributed by atoms with E-state index in [-0.39, 0.29) is 0 Å². The Hall–Kier alpha value is -2.28. The molecule has 1 N–H and O–H groups in total. The van der Waals surface area contributed by atoms with Gasteiger partial charge in [0.05, 0.1) is 20.3 Å². The highest BCUT2D eigenvalue weighted by molar-refractivity contribution is 9.10. The Bertz CT molecular complexity index is 964. The molecule has 0 amide bonds. The number of fused-ring (bicyclic) bond motifs is 3. The van der Waals surface area contributed by atoms with Crippen molar-refractivity contribution in [1.82, 2.24) is 14.5 Å². The van der Waals surface area contributed by atoms with E-state index in [2.05, 4.69) is 54.0 Å². The van der Waals surface area contributed by atoms with Gasteiger partial charge >= 0.3 is 0 Å². The molecular weight excluding hydrogens is 420 g/mol. The average molecular weight is 445 g/mol. The highest BCUT2D eigenvalue weighted by Gasteiger charge is 2.19. The van der Waals surface area contributed by atoms with Gasteiger partial charge < -0.3 is 19.4 Å². The number of ether oxygens (including phenoxy) is 2. The van der Waals surface area contributed by atoms with Crippen molar-refractivity contribution < 1.29 is 9.47 Å². The van der Waals surface area contributed by atoms with Crippen molar-refractivity contribution in [2.75, 3.05) is 26.1 Å². The Labute approximate surface area is 173 Å². The van der Waals surface area contributed by atoms with Crippen molar-refractivity contribution in [3.8, 4) is 11.8 Å². The Balaban J connectivity index is 1.48. The number of benzene rings is 1. The summed E-state index contributed by atoms with van der Waals surface area (Å²) in [4.78, 5) is 8.66. The van der Waals surface area contributed by atoms with Crippen LogP contribution in [0, 0.1) is 0 Å². The Morgan fingerprint density at radius 3 is 2.57 bits per heavy atom. The van der Waals surface area contributed by atoms with Gasteiger partial charge in [-0.1, -0.05) is 15.9 Å². The molecule has 3 aromatic rings. The molecule has 0 radical (unpaired) electrons. The van der Waals surface area contributed by atoms with E-state index < -0.39 is 0 Å². The van der Waals surface area contributed by atoms with Crippen molar-refractivity contribution in [1.29, 1.82) is 0 Å². The van der Waals surface area contributed by atoms with Gasteiger partial charge in [0.1, 0.15) is 0 Å². The number of halogens is 1. The molecule has 0 fully saturated rings. The third kappa shape index (κ3) is 3.81. The molecule has 0 saturated heterocycles. The molecule has 1 aliphatic rings. The van der Waals surface area contributed by atoms with E-state index in [4.69, 9.17) is 9.47 Å². The van der Waals surface area contributed by atoms with Gasteiger partial charge in [-0.15, -0.1) is 0 Å². The Kier molecular flexibility index (Phi) is 5.71. The molecule has 6 nitrogen and oxygen atoms in total. The highest BCUT2D eigenvalue weighted by atomic mass is 79.9. The summed E-state index contributed by atoms with van der Waals surface area (Å²) >= 11 is 3.63. The van der Waals surface area contributed by atoms with Crippen molar-refractivity contribution >= 4 is 32.8 Å². The number of anilines is 1. The molecule has 1 aliphatic carbocycles. The van der Waals surface area contributed by atoms with E-state index in [1.54, 1.807) is 20.3 Å². The minimum Gasteiger partial charge on any atom is -0.481 e. The zero-order valence-electron chi connectivity index (χ0n) is 16.3. The molecule has 2 aromatic heterocycles. The molecule has 4 rings (SSSR count). The van der Waals surface area contributed by atoms with Crippen LogP contribution in [0.3, 0.4) is 0 Å². The lowest BCUT2D eigenvalue weighted by atomic mass is 9.95. The first-order chi connectivity index (χ1) is 13.7. The lowest BCUT2D eigenvalue weighted by Gasteiger charge is -2.16. The maximum absolute atomic E-state index is 5.20. The molecule has 1 aromatic carbocycles. The largest absolute Gasteiger partial charge is 0.481 e. The second-order valence-electron chi connectivity index (χ2n) is 7.00. The van der Waals surface area contributed by atoms with Crippen LogP contribution in [0.5, 0.6) is 11.8 Å². The fourth-order valence-electron chi connectivity index (χ4n) is 3.99. The van der Waals surface area contributed by atoms with Crippen molar-refractivity contribution in [2.45, 2.75) is 38.6 Å². The van der Waals surface area contributed by atoms with Gasteiger partial charge in [-0.25, -0.2) is 0 Å². The first kappa shape index (κ1) is 19.1. The zero-order valence-corrected chi connectivity index (χ0v) is 17.9. The summed E-state index contributed by atoms with van der Waals surface area (Å²) < 4.78 is 14.1. The summed E-state index contributed by atoms with van der Waals surface area (Å²) in [5, 5.41) is 4.69. The lowest BCUT2D eigenvalue weighted by Crippen LogP contribution is -2.12. The van der Waals surface area contributed by atoms with E-state index >= 15 is 0 Å². The molecule has 0 aliphatic heterocycles. The van der Waals surface area contributed by atoms with Crippen molar-refractivity contribution in [3.05, 3.63) is 40.0 Å². The standard InChI is InChI=1S/C21H25BrN4O2/c1-27-19-13-20(28-2)25-21(24-19)23-10-5-11-26-17-7-4-3-6-15(17)16-12-14(22)8-9-18(16)26/h8-9,12-13H,3-7,10-11H2,1-2H3,(H,23,24,25). The Morgan fingerprint density at radius 1 is 1.07 bits per heavy atom. The summed E-state index contributed by atoms with van der Waals surface area (Å²) in [6, 6.07) is 8.31. The third-order valence-corrected chi connectivity index (χ3v) is 5.77. The van der Waals surface area contributed by atoms with Gasteiger partial charge in [-0.3, -0.25) is 0 Å². The van der Waals surface area contributed by atoms with E-state index in [1.807, 2.05) is 0 Å². The molecule has 148 valence electrons. The number of rotatable bonds is 7. The van der Waals surface area contributed by atoms with Crippen molar-refractivity contribution in [3.63, 3.8) is 0 Å². The predicted molar refractivity (Wildman–Crippen MR) is 115 cm³/mol. The van der Waals surface area contributed by atoms with Crippen LogP contribution in [-0.2, 0) is 19.4 Å². The van der Waals surface area contributed by atoms with E-state index in [0.717, 1.165) is 24.0 Å². The van der Waals surface area contributed by atoms with Gasteiger partial charge in [-0.2, -0.15) is 9.97 Å².